The lowest BCUT2D eigenvalue weighted by Gasteiger charge is -2.14. The molecule has 0 radical (unpaired) electrons. The zero-order chi connectivity index (χ0) is 22.3. The summed E-state index contributed by atoms with van der Waals surface area (Å²) in [6.07, 6.45) is -2.83. The number of nitrogens with zero attached hydrogens (tertiary/aromatic N) is 4. The highest BCUT2D eigenvalue weighted by atomic mass is 19.4. The maximum atomic E-state index is 13.4. The molecule has 2 heterocycles. The lowest BCUT2D eigenvalue weighted by molar-refractivity contribution is -0.137. The molecule has 2 aromatic carbocycles. The number of rotatable bonds is 4. The van der Waals surface area contributed by atoms with Gasteiger partial charge in [0.05, 0.1) is 29.7 Å². The molecule has 0 aliphatic heterocycles. The van der Waals surface area contributed by atoms with E-state index in [1.807, 2.05) is 45.0 Å². The summed E-state index contributed by atoms with van der Waals surface area (Å²) in [4.78, 5) is 13.4. The molecule has 0 atom stereocenters. The molecule has 0 aliphatic carbocycles. The standard InChI is InChI=1S/C23H21F3N4O/c1-14(2)20-18-12-27-30(19-10-5-4-7-15(19)3)21(18)22(31)29(28-20)13-16-8-6-9-17(11-16)23(24,25)26/h4-12,14H,13H2,1-3H3. The lowest BCUT2D eigenvalue weighted by atomic mass is 10.1. The second kappa shape index (κ2) is 7.68. The molecule has 0 spiro atoms. The van der Waals surface area contributed by atoms with Crippen molar-refractivity contribution in [2.75, 3.05) is 0 Å². The Morgan fingerprint density at radius 3 is 2.48 bits per heavy atom. The molecular formula is C23H21F3N4O. The average Bonchev–Trinajstić information content (AvgIpc) is 3.15. The Morgan fingerprint density at radius 2 is 1.81 bits per heavy atom. The van der Waals surface area contributed by atoms with Gasteiger partial charge < -0.3 is 0 Å². The van der Waals surface area contributed by atoms with Crippen LogP contribution in [0.3, 0.4) is 0 Å². The molecule has 0 N–H and O–H groups in total. The second-order valence-corrected chi connectivity index (χ2v) is 7.81. The second-order valence-electron chi connectivity index (χ2n) is 7.81. The first-order valence-electron chi connectivity index (χ1n) is 9.87. The molecule has 31 heavy (non-hydrogen) atoms. The summed E-state index contributed by atoms with van der Waals surface area (Å²) < 4.78 is 42.1. The molecule has 5 nitrogen and oxygen atoms in total. The number of aryl methyl sites for hydroxylation is 1. The van der Waals surface area contributed by atoms with Gasteiger partial charge in [0.15, 0.2) is 0 Å². The van der Waals surface area contributed by atoms with Gasteiger partial charge in [0.1, 0.15) is 5.52 Å². The zero-order valence-electron chi connectivity index (χ0n) is 17.3. The molecule has 0 amide bonds. The predicted molar refractivity (Wildman–Crippen MR) is 112 cm³/mol. The number of hydrogen-bond acceptors (Lipinski definition) is 3. The maximum absolute atomic E-state index is 13.4. The van der Waals surface area contributed by atoms with Crippen molar-refractivity contribution in [1.82, 2.24) is 19.6 Å². The summed E-state index contributed by atoms with van der Waals surface area (Å²) in [7, 11) is 0. The molecule has 0 saturated carbocycles. The number of fused-ring (bicyclic) bond motifs is 1. The van der Waals surface area contributed by atoms with Gasteiger partial charge in [0.2, 0.25) is 0 Å². The van der Waals surface area contributed by atoms with E-state index < -0.39 is 17.3 Å². The summed E-state index contributed by atoms with van der Waals surface area (Å²) >= 11 is 0. The van der Waals surface area contributed by atoms with Crippen LogP contribution in [0.25, 0.3) is 16.6 Å². The topological polar surface area (TPSA) is 52.7 Å². The fraction of sp³-hybridized carbons (Fsp3) is 0.261. The molecule has 160 valence electrons. The van der Waals surface area contributed by atoms with Crippen molar-refractivity contribution in [3.05, 3.63) is 87.5 Å². The third-order valence-electron chi connectivity index (χ3n) is 5.19. The van der Waals surface area contributed by atoms with E-state index in [1.165, 1.54) is 10.7 Å². The Kier molecular flexibility index (Phi) is 5.16. The molecular weight excluding hydrogens is 405 g/mol. The van der Waals surface area contributed by atoms with Crippen LogP contribution in [0.4, 0.5) is 13.2 Å². The quantitative estimate of drug-likeness (QED) is 0.457. The van der Waals surface area contributed by atoms with E-state index in [-0.39, 0.29) is 12.5 Å². The van der Waals surface area contributed by atoms with Crippen LogP contribution in [-0.4, -0.2) is 19.6 Å². The van der Waals surface area contributed by atoms with Crippen LogP contribution in [0.5, 0.6) is 0 Å². The summed E-state index contributed by atoms with van der Waals surface area (Å²) in [6.45, 7) is 5.75. The van der Waals surface area contributed by atoms with Gasteiger partial charge in [-0.15, -0.1) is 0 Å². The fourth-order valence-corrected chi connectivity index (χ4v) is 3.63. The first-order chi connectivity index (χ1) is 14.7. The minimum atomic E-state index is -4.45. The van der Waals surface area contributed by atoms with Crippen LogP contribution in [-0.2, 0) is 12.7 Å². The Hall–Kier alpha value is -3.42. The van der Waals surface area contributed by atoms with Gasteiger partial charge in [0.25, 0.3) is 5.56 Å². The first kappa shape index (κ1) is 20.8. The Morgan fingerprint density at radius 1 is 1.06 bits per heavy atom. The molecule has 2 aromatic heterocycles. The summed E-state index contributed by atoms with van der Waals surface area (Å²) in [6, 6.07) is 12.5. The Labute approximate surface area is 176 Å². The van der Waals surface area contributed by atoms with Gasteiger partial charge in [-0.1, -0.05) is 44.2 Å². The van der Waals surface area contributed by atoms with Crippen molar-refractivity contribution in [1.29, 1.82) is 0 Å². The molecule has 0 unspecified atom stereocenters. The SMILES string of the molecule is Cc1ccccc1-n1ncc2c(C(C)C)nn(Cc3cccc(C(F)(F)F)c3)c(=O)c21. The van der Waals surface area contributed by atoms with Gasteiger partial charge in [-0.3, -0.25) is 4.79 Å². The van der Waals surface area contributed by atoms with Crippen LogP contribution < -0.4 is 5.56 Å². The number of para-hydroxylation sites is 1. The van der Waals surface area contributed by atoms with Gasteiger partial charge in [-0.25, -0.2) is 9.36 Å². The number of hydrogen-bond donors (Lipinski definition) is 0. The van der Waals surface area contributed by atoms with Gasteiger partial charge in [0, 0.05) is 5.39 Å². The summed E-state index contributed by atoms with van der Waals surface area (Å²) in [5, 5.41) is 9.57. The molecule has 4 rings (SSSR count). The maximum Gasteiger partial charge on any atom is 0.416 e. The van der Waals surface area contributed by atoms with Gasteiger partial charge in [-0.2, -0.15) is 23.4 Å². The van der Waals surface area contributed by atoms with E-state index in [0.29, 0.717) is 22.2 Å². The molecule has 0 fully saturated rings. The number of alkyl halides is 3. The van der Waals surface area contributed by atoms with Crippen LogP contribution in [0, 0.1) is 6.92 Å². The number of halogens is 3. The zero-order valence-corrected chi connectivity index (χ0v) is 17.3. The van der Waals surface area contributed by atoms with Crippen molar-refractivity contribution >= 4 is 10.9 Å². The van der Waals surface area contributed by atoms with Crippen molar-refractivity contribution in [3.63, 3.8) is 0 Å². The van der Waals surface area contributed by atoms with Crippen LogP contribution in [0.1, 0.15) is 42.1 Å². The van der Waals surface area contributed by atoms with E-state index in [9.17, 15) is 18.0 Å². The minimum Gasteiger partial charge on any atom is -0.265 e. The van der Waals surface area contributed by atoms with E-state index in [2.05, 4.69) is 10.2 Å². The van der Waals surface area contributed by atoms with E-state index >= 15 is 0 Å². The Bertz CT molecular complexity index is 1320. The van der Waals surface area contributed by atoms with Crippen molar-refractivity contribution in [3.8, 4) is 5.69 Å². The highest BCUT2D eigenvalue weighted by molar-refractivity contribution is 5.82. The lowest BCUT2D eigenvalue weighted by Crippen LogP contribution is -2.27. The third-order valence-corrected chi connectivity index (χ3v) is 5.19. The molecule has 0 saturated heterocycles. The smallest absolute Gasteiger partial charge is 0.265 e. The van der Waals surface area contributed by atoms with Gasteiger partial charge in [-0.05, 0) is 42.2 Å². The number of aromatic nitrogens is 4. The van der Waals surface area contributed by atoms with E-state index in [4.69, 9.17) is 0 Å². The third kappa shape index (κ3) is 3.85. The number of benzene rings is 2. The highest BCUT2D eigenvalue weighted by Crippen LogP contribution is 2.30. The van der Waals surface area contributed by atoms with Crippen LogP contribution in [0.2, 0.25) is 0 Å². The van der Waals surface area contributed by atoms with Crippen molar-refractivity contribution in [2.45, 2.75) is 39.4 Å². The van der Waals surface area contributed by atoms with Crippen LogP contribution in [0.15, 0.2) is 59.5 Å². The largest absolute Gasteiger partial charge is 0.416 e. The highest BCUT2D eigenvalue weighted by Gasteiger charge is 2.30. The first-order valence-corrected chi connectivity index (χ1v) is 9.87. The van der Waals surface area contributed by atoms with E-state index in [1.54, 1.807) is 16.9 Å². The average molecular weight is 426 g/mol. The molecule has 0 bridgehead atoms. The normalized spacial score (nSPS) is 12.1. The monoisotopic (exact) mass is 426 g/mol. The Balaban J connectivity index is 1.91. The van der Waals surface area contributed by atoms with Crippen LogP contribution >= 0.6 is 0 Å². The summed E-state index contributed by atoms with van der Waals surface area (Å²) in [5.41, 5.74) is 1.92. The molecule has 4 aromatic rings. The molecule has 0 aliphatic rings. The fourth-order valence-electron chi connectivity index (χ4n) is 3.63. The van der Waals surface area contributed by atoms with Gasteiger partial charge >= 0.3 is 6.18 Å². The van der Waals surface area contributed by atoms with Crippen molar-refractivity contribution in [2.24, 2.45) is 0 Å². The minimum absolute atomic E-state index is 0.00891. The van der Waals surface area contributed by atoms with Crippen molar-refractivity contribution < 1.29 is 13.2 Å². The predicted octanol–water partition coefficient (Wildman–Crippen LogP) is 5.08. The molecule has 8 heteroatoms. The summed E-state index contributed by atoms with van der Waals surface area (Å²) in [5.74, 6) is -0.00891. The van der Waals surface area contributed by atoms with E-state index in [0.717, 1.165) is 23.4 Å².